The van der Waals surface area contributed by atoms with Gasteiger partial charge in [-0.05, 0) is 52.6 Å². The summed E-state index contributed by atoms with van der Waals surface area (Å²) in [6.07, 6.45) is 0. The summed E-state index contributed by atoms with van der Waals surface area (Å²) in [6, 6.07) is 32.3. The first-order valence-corrected chi connectivity index (χ1v) is 10.9. The molecule has 0 atom stereocenters. The third-order valence-corrected chi connectivity index (χ3v) is 5.87. The van der Waals surface area contributed by atoms with Crippen LogP contribution < -0.4 is 9.47 Å². The van der Waals surface area contributed by atoms with E-state index in [2.05, 4.69) is 0 Å². The molecule has 0 aliphatic heterocycles. The maximum Gasteiger partial charge on any atom is 0.336 e. The summed E-state index contributed by atoms with van der Waals surface area (Å²) in [6.45, 7) is 0.0927. The number of hydrogen-bond donors (Lipinski definition) is 1. The normalized spacial score (nSPS) is 11.1. The van der Waals surface area contributed by atoms with Crippen LogP contribution in [0.4, 0.5) is 0 Å². The van der Waals surface area contributed by atoms with Crippen molar-refractivity contribution >= 4 is 5.97 Å². The van der Waals surface area contributed by atoms with E-state index in [1.165, 1.54) is 0 Å². The first-order chi connectivity index (χ1) is 16.6. The minimum absolute atomic E-state index is 0.0927. The van der Waals surface area contributed by atoms with Gasteiger partial charge in [0.15, 0.2) is 0 Å². The van der Waals surface area contributed by atoms with Crippen molar-refractivity contribution in [3.63, 3.8) is 0 Å². The molecule has 4 rings (SSSR count). The van der Waals surface area contributed by atoms with Crippen molar-refractivity contribution in [2.75, 3.05) is 14.2 Å². The third kappa shape index (κ3) is 4.51. The van der Waals surface area contributed by atoms with Gasteiger partial charge >= 0.3 is 5.97 Å². The molecule has 34 heavy (non-hydrogen) atoms. The highest BCUT2D eigenvalue weighted by molar-refractivity contribution is 5.89. The number of rotatable bonds is 9. The van der Waals surface area contributed by atoms with Gasteiger partial charge in [-0.3, -0.25) is 0 Å². The number of carboxylic acid groups (broad SMARTS) is 1. The fourth-order valence-electron chi connectivity index (χ4n) is 4.12. The summed E-state index contributed by atoms with van der Waals surface area (Å²) in [7, 11) is 3.25. The summed E-state index contributed by atoms with van der Waals surface area (Å²) >= 11 is 0. The molecule has 4 aromatic carbocycles. The number of methoxy groups -OCH3 is 2. The molecule has 0 saturated carbocycles. The summed E-state index contributed by atoms with van der Waals surface area (Å²) in [5.41, 5.74) is 2.49. The van der Waals surface area contributed by atoms with Gasteiger partial charge in [-0.2, -0.15) is 0 Å². The smallest absolute Gasteiger partial charge is 0.336 e. The molecule has 0 unspecified atom stereocenters. The quantitative estimate of drug-likeness (QED) is 0.319. The Balaban J connectivity index is 1.91. The van der Waals surface area contributed by atoms with Crippen LogP contribution in [-0.4, -0.2) is 25.3 Å². The number of carbonyl (C=O) groups is 1. The fourth-order valence-corrected chi connectivity index (χ4v) is 4.12. The molecule has 0 heterocycles. The minimum atomic E-state index is -1.01. The average Bonchev–Trinajstić information content (AvgIpc) is 2.90. The molecule has 0 spiro atoms. The molecular formula is C29H26O5. The first-order valence-electron chi connectivity index (χ1n) is 10.9. The highest BCUT2D eigenvalue weighted by atomic mass is 16.5. The van der Waals surface area contributed by atoms with E-state index in [0.717, 1.165) is 28.2 Å². The van der Waals surface area contributed by atoms with E-state index in [0.29, 0.717) is 5.56 Å². The van der Waals surface area contributed by atoms with E-state index in [9.17, 15) is 9.90 Å². The molecule has 0 aliphatic rings. The van der Waals surface area contributed by atoms with E-state index in [-0.39, 0.29) is 12.2 Å². The number of aromatic carboxylic acids is 1. The summed E-state index contributed by atoms with van der Waals surface area (Å²) < 4.78 is 17.5. The van der Waals surface area contributed by atoms with Gasteiger partial charge in [0.2, 0.25) is 0 Å². The van der Waals surface area contributed by atoms with Crippen molar-refractivity contribution in [1.29, 1.82) is 0 Å². The maximum absolute atomic E-state index is 11.8. The van der Waals surface area contributed by atoms with Gasteiger partial charge in [-0.25, -0.2) is 4.79 Å². The maximum atomic E-state index is 11.8. The summed E-state index contributed by atoms with van der Waals surface area (Å²) in [5, 5.41) is 9.68. The minimum Gasteiger partial charge on any atom is -0.497 e. The molecule has 0 fully saturated rings. The highest BCUT2D eigenvalue weighted by Crippen LogP contribution is 2.42. The van der Waals surface area contributed by atoms with Crippen molar-refractivity contribution < 1.29 is 24.1 Å². The van der Waals surface area contributed by atoms with E-state index < -0.39 is 11.6 Å². The summed E-state index contributed by atoms with van der Waals surface area (Å²) in [4.78, 5) is 11.8. The van der Waals surface area contributed by atoms with Gasteiger partial charge in [-0.1, -0.05) is 72.8 Å². The van der Waals surface area contributed by atoms with Crippen LogP contribution in [0.1, 0.15) is 32.6 Å². The average molecular weight is 455 g/mol. The molecule has 4 aromatic rings. The van der Waals surface area contributed by atoms with Crippen molar-refractivity contribution in [3.05, 3.63) is 131 Å². The van der Waals surface area contributed by atoms with Gasteiger partial charge in [0.1, 0.15) is 17.1 Å². The van der Waals surface area contributed by atoms with Crippen molar-refractivity contribution in [2.45, 2.75) is 12.2 Å². The lowest BCUT2D eigenvalue weighted by Crippen LogP contribution is -2.33. The molecule has 1 N–H and O–H groups in total. The molecule has 172 valence electrons. The highest BCUT2D eigenvalue weighted by Gasteiger charge is 2.38. The monoisotopic (exact) mass is 454 g/mol. The number of ether oxygens (including phenoxy) is 3. The van der Waals surface area contributed by atoms with Crippen molar-refractivity contribution in [2.24, 2.45) is 0 Å². The van der Waals surface area contributed by atoms with E-state index in [1.54, 1.807) is 32.4 Å². The lowest BCUT2D eigenvalue weighted by molar-refractivity contribution is -0.000354. The molecular weight excluding hydrogens is 428 g/mol. The largest absolute Gasteiger partial charge is 0.497 e. The Labute approximate surface area is 199 Å². The van der Waals surface area contributed by atoms with Crippen molar-refractivity contribution in [3.8, 4) is 11.5 Å². The van der Waals surface area contributed by atoms with Crippen LogP contribution in [0, 0.1) is 0 Å². The second-order valence-corrected chi connectivity index (χ2v) is 7.76. The fraction of sp³-hybridized carbons (Fsp3) is 0.138. The predicted octanol–water partition coefficient (Wildman–Crippen LogP) is 5.91. The number of carboxylic acids is 1. The Kier molecular flexibility index (Phi) is 6.95. The number of hydrogen-bond acceptors (Lipinski definition) is 4. The Morgan fingerprint density at radius 2 is 1.15 bits per heavy atom. The van der Waals surface area contributed by atoms with Crippen LogP contribution in [0.15, 0.2) is 103 Å². The van der Waals surface area contributed by atoms with Gasteiger partial charge in [0, 0.05) is 0 Å². The van der Waals surface area contributed by atoms with Gasteiger partial charge in [0.05, 0.1) is 26.4 Å². The van der Waals surface area contributed by atoms with Crippen LogP contribution in [-0.2, 0) is 16.9 Å². The van der Waals surface area contributed by atoms with Crippen molar-refractivity contribution in [1.82, 2.24) is 0 Å². The lowest BCUT2D eigenvalue weighted by Gasteiger charge is -2.36. The predicted molar refractivity (Wildman–Crippen MR) is 131 cm³/mol. The van der Waals surface area contributed by atoms with Gasteiger partial charge in [-0.15, -0.1) is 0 Å². The second kappa shape index (κ2) is 10.2. The first kappa shape index (κ1) is 23.1. The molecule has 0 saturated heterocycles. The molecule has 0 amide bonds. The SMILES string of the molecule is COc1ccc(C(OCc2ccccc2C(=O)O)(c2ccccc2)c2ccc(OC)cc2)cc1. The van der Waals surface area contributed by atoms with Crippen LogP contribution >= 0.6 is 0 Å². The second-order valence-electron chi connectivity index (χ2n) is 7.76. The van der Waals surface area contributed by atoms with Crippen LogP contribution in [0.3, 0.4) is 0 Å². The Bertz CT molecular complexity index is 1180. The Hall–Kier alpha value is -4.09. The molecule has 0 bridgehead atoms. The van der Waals surface area contributed by atoms with Crippen LogP contribution in [0.5, 0.6) is 11.5 Å². The standard InChI is InChI=1S/C29H26O5/c1-32-25-16-12-23(13-17-25)29(22-9-4-3-5-10-22,24-14-18-26(33-2)19-15-24)34-20-21-8-6-7-11-27(21)28(30)31/h3-19H,20H2,1-2H3,(H,30,31). The molecule has 0 aliphatic carbocycles. The topological polar surface area (TPSA) is 65.0 Å². The van der Waals surface area contributed by atoms with Gasteiger partial charge in [0.25, 0.3) is 0 Å². The van der Waals surface area contributed by atoms with E-state index >= 15 is 0 Å². The Morgan fingerprint density at radius 3 is 1.65 bits per heavy atom. The summed E-state index contributed by atoms with van der Waals surface area (Å²) in [5.74, 6) is 0.478. The molecule has 0 aromatic heterocycles. The van der Waals surface area contributed by atoms with Crippen LogP contribution in [0.25, 0.3) is 0 Å². The lowest BCUT2D eigenvalue weighted by atomic mass is 9.80. The third-order valence-electron chi connectivity index (χ3n) is 5.87. The zero-order valence-corrected chi connectivity index (χ0v) is 19.1. The van der Waals surface area contributed by atoms with Crippen LogP contribution in [0.2, 0.25) is 0 Å². The molecule has 5 nitrogen and oxygen atoms in total. The van der Waals surface area contributed by atoms with E-state index in [4.69, 9.17) is 14.2 Å². The van der Waals surface area contributed by atoms with Gasteiger partial charge < -0.3 is 19.3 Å². The number of benzene rings is 4. The van der Waals surface area contributed by atoms with E-state index in [1.807, 2.05) is 84.9 Å². The molecule has 5 heteroatoms. The zero-order chi connectivity index (χ0) is 24.0. The Morgan fingerprint density at radius 1 is 0.676 bits per heavy atom. The zero-order valence-electron chi connectivity index (χ0n) is 19.1. The molecule has 0 radical (unpaired) electrons.